The first kappa shape index (κ1) is 28.6. The van der Waals surface area contributed by atoms with Crippen LogP contribution in [0.5, 0.6) is 0 Å². The topological polar surface area (TPSA) is 194 Å². The van der Waals surface area contributed by atoms with Crippen LogP contribution in [-0.4, -0.2) is 58.9 Å². The molecule has 0 aliphatic carbocycles. The number of carbonyl (C=O) groups excluding carboxylic acids is 4. The molecule has 1 aromatic rings. The Kier molecular flexibility index (Phi) is 11.7. The van der Waals surface area contributed by atoms with Gasteiger partial charge in [0.25, 0.3) is 0 Å². The van der Waals surface area contributed by atoms with Gasteiger partial charge in [-0.2, -0.15) is 0 Å². The fourth-order valence-corrected chi connectivity index (χ4v) is 3.11. The van der Waals surface area contributed by atoms with E-state index in [0.717, 1.165) is 5.56 Å². The van der Waals surface area contributed by atoms with Crippen molar-refractivity contribution in [3.63, 3.8) is 0 Å². The molecule has 0 spiro atoms. The molecule has 0 aromatic heterocycles. The fraction of sp³-hybridized carbons (Fsp3) is 0.522. The van der Waals surface area contributed by atoms with Crippen LogP contribution in [0.1, 0.15) is 45.6 Å². The third-order valence-electron chi connectivity index (χ3n) is 5.48. The van der Waals surface area contributed by atoms with Crippen molar-refractivity contribution in [2.75, 3.05) is 0 Å². The molecule has 0 aliphatic heterocycles. The summed E-state index contributed by atoms with van der Waals surface area (Å²) in [5, 5.41) is 17.0. The third-order valence-corrected chi connectivity index (χ3v) is 5.48. The fourth-order valence-electron chi connectivity index (χ4n) is 3.11. The van der Waals surface area contributed by atoms with E-state index in [9.17, 15) is 29.1 Å². The minimum Gasteiger partial charge on any atom is -0.480 e. The molecule has 5 unspecified atom stereocenters. The molecule has 1 rings (SSSR count). The van der Waals surface area contributed by atoms with Crippen LogP contribution >= 0.6 is 0 Å². The van der Waals surface area contributed by atoms with Gasteiger partial charge in [-0.05, 0) is 24.8 Å². The van der Waals surface area contributed by atoms with Crippen molar-refractivity contribution in [3.8, 4) is 0 Å². The summed E-state index contributed by atoms with van der Waals surface area (Å²) in [6.45, 7) is 5.01. The summed E-state index contributed by atoms with van der Waals surface area (Å²) in [5.41, 5.74) is 11.6. The van der Waals surface area contributed by atoms with Gasteiger partial charge in [-0.15, -0.1) is 0 Å². The first-order chi connectivity index (χ1) is 16.0. The Morgan fingerprint density at radius 2 is 1.56 bits per heavy atom. The molecule has 8 N–H and O–H groups in total. The predicted molar refractivity (Wildman–Crippen MR) is 125 cm³/mol. The van der Waals surface area contributed by atoms with E-state index in [4.69, 9.17) is 11.5 Å². The molecule has 5 atom stereocenters. The number of carbonyl (C=O) groups is 5. The van der Waals surface area contributed by atoms with Gasteiger partial charge in [0.15, 0.2) is 0 Å². The molecule has 0 saturated heterocycles. The quantitative estimate of drug-likeness (QED) is 0.206. The molecule has 11 nitrogen and oxygen atoms in total. The summed E-state index contributed by atoms with van der Waals surface area (Å²) in [6, 6.07) is 4.59. The van der Waals surface area contributed by atoms with Crippen molar-refractivity contribution < 1.29 is 29.1 Å². The number of benzene rings is 1. The van der Waals surface area contributed by atoms with E-state index < -0.39 is 53.8 Å². The summed E-state index contributed by atoms with van der Waals surface area (Å²) >= 11 is 0. The highest BCUT2D eigenvalue weighted by atomic mass is 16.4. The second-order valence-corrected chi connectivity index (χ2v) is 8.30. The number of hydrogen-bond acceptors (Lipinski definition) is 6. The molecular weight excluding hydrogens is 442 g/mol. The summed E-state index contributed by atoms with van der Waals surface area (Å²) in [4.78, 5) is 60.4. The average molecular weight is 478 g/mol. The second-order valence-electron chi connectivity index (χ2n) is 8.30. The number of primary amides is 1. The van der Waals surface area contributed by atoms with Crippen molar-refractivity contribution in [1.82, 2.24) is 16.0 Å². The van der Waals surface area contributed by atoms with Gasteiger partial charge in [0.2, 0.25) is 23.6 Å². The Morgan fingerprint density at radius 1 is 0.941 bits per heavy atom. The standard InChI is InChI=1S/C23H35N5O6/c1-4-13(2)19(28-21(31)16(24)10-11-18(25)29)22(32)26-14(3)20(30)27-17(23(33)34)12-15-8-6-5-7-9-15/h5-9,13-14,16-17,19H,4,10-12,24H2,1-3H3,(H2,25,29)(H,26,32)(H,27,30)(H,28,31)(H,33,34). The van der Waals surface area contributed by atoms with Gasteiger partial charge in [-0.1, -0.05) is 50.6 Å². The van der Waals surface area contributed by atoms with E-state index >= 15 is 0 Å². The highest BCUT2D eigenvalue weighted by Crippen LogP contribution is 2.10. The maximum atomic E-state index is 12.9. The molecule has 0 radical (unpaired) electrons. The number of nitrogens with two attached hydrogens (primary N) is 2. The lowest BCUT2D eigenvalue weighted by Gasteiger charge is -2.27. The van der Waals surface area contributed by atoms with Crippen molar-refractivity contribution in [3.05, 3.63) is 35.9 Å². The van der Waals surface area contributed by atoms with Gasteiger partial charge in [0.05, 0.1) is 6.04 Å². The maximum absolute atomic E-state index is 12.9. The minimum atomic E-state index is -1.20. The second kappa shape index (κ2) is 13.9. The molecule has 0 bridgehead atoms. The van der Waals surface area contributed by atoms with Gasteiger partial charge < -0.3 is 32.5 Å². The highest BCUT2D eigenvalue weighted by molar-refractivity contribution is 5.94. The average Bonchev–Trinajstić information content (AvgIpc) is 2.79. The van der Waals surface area contributed by atoms with Gasteiger partial charge in [0.1, 0.15) is 18.1 Å². The minimum absolute atomic E-state index is 0.0345. The van der Waals surface area contributed by atoms with E-state index in [2.05, 4.69) is 16.0 Å². The lowest BCUT2D eigenvalue weighted by molar-refractivity contribution is -0.142. The number of hydrogen-bond donors (Lipinski definition) is 6. The Bertz CT molecular complexity index is 863. The molecule has 188 valence electrons. The number of carboxylic acids is 1. The Morgan fingerprint density at radius 3 is 2.09 bits per heavy atom. The zero-order chi connectivity index (χ0) is 25.8. The lowest BCUT2D eigenvalue weighted by atomic mass is 9.97. The Labute approximate surface area is 199 Å². The third kappa shape index (κ3) is 9.57. The van der Waals surface area contributed by atoms with Crippen molar-refractivity contribution in [2.24, 2.45) is 17.4 Å². The van der Waals surface area contributed by atoms with Crippen molar-refractivity contribution in [2.45, 2.75) is 70.6 Å². The SMILES string of the molecule is CCC(C)C(NC(=O)C(N)CCC(N)=O)C(=O)NC(C)C(=O)NC(Cc1ccccc1)C(=O)O. The Balaban J connectivity index is 2.78. The summed E-state index contributed by atoms with van der Waals surface area (Å²) < 4.78 is 0. The zero-order valence-corrected chi connectivity index (χ0v) is 19.7. The van der Waals surface area contributed by atoms with Crippen molar-refractivity contribution in [1.29, 1.82) is 0 Å². The van der Waals surface area contributed by atoms with Crippen LogP contribution in [0.2, 0.25) is 0 Å². The molecule has 0 saturated carbocycles. The van der Waals surface area contributed by atoms with Crippen LogP contribution in [0.15, 0.2) is 30.3 Å². The monoisotopic (exact) mass is 477 g/mol. The van der Waals surface area contributed by atoms with Crippen LogP contribution in [0.3, 0.4) is 0 Å². The largest absolute Gasteiger partial charge is 0.480 e. The molecule has 0 fully saturated rings. The molecule has 0 aliphatic rings. The lowest BCUT2D eigenvalue weighted by Crippen LogP contribution is -2.58. The predicted octanol–water partition coefficient (Wildman–Crippen LogP) is -0.573. The molecule has 11 heteroatoms. The van der Waals surface area contributed by atoms with Crippen molar-refractivity contribution >= 4 is 29.6 Å². The first-order valence-electron chi connectivity index (χ1n) is 11.2. The molecule has 0 heterocycles. The number of amides is 4. The normalized spacial score (nSPS) is 15.2. The van der Waals surface area contributed by atoms with Gasteiger partial charge in [-0.25, -0.2) is 4.79 Å². The first-order valence-corrected chi connectivity index (χ1v) is 11.2. The highest BCUT2D eigenvalue weighted by Gasteiger charge is 2.31. The number of aliphatic carboxylic acids is 1. The molecule has 4 amide bonds. The van der Waals surface area contributed by atoms with E-state index in [1.165, 1.54) is 6.92 Å². The van der Waals surface area contributed by atoms with Gasteiger partial charge in [-0.3, -0.25) is 19.2 Å². The summed E-state index contributed by atoms with van der Waals surface area (Å²) in [6.07, 6.45) is 0.595. The van der Waals surface area contributed by atoms with Crippen LogP contribution in [0.25, 0.3) is 0 Å². The summed E-state index contributed by atoms with van der Waals surface area (Å²) in [5.74, 6) is -3.98. The van der Waals surface area contributed by atoms with Crippen LogP contribution < -0.4 is 27.4 Å². The van der Waals surface area contributed by atoms with Crippen LogP contribution in [-0.2, 0) is 30.4 Å². The number of rotatable bonds is 14. The molecular formula is C23H35N5O6. The molecule has 1 aromatic carbocycles. The van der Waals surface area contributed by atoms with E-state index in [0.29, 0.717) is 6.42 Å². The van der Waals surface area contributed by atoms with E-state index in [-0.39, 0.29) is 25.2 Å². The van der Waals surface area contributed by atoms with Gasteiger partial charge in [0, 0.05) is 12.8 Å². The van der Waals surface area contributed by atoms with E-state index in [1.807, 2.05) is 6.92 Å². The van der Waals surface area contributed by atoms with E-state index in [1.54, 1.807) is 37.3 Å². The molecule has 34 heavy (non-hydrogen) atoms. The maximum Gasteiger partial charge on any atom is 0.326 e. The number of carboxylic acid groups (broad SMARTS) is 1. The summed E-state index contributed by atoms with van der Waals surface area (Å²) in [7, 11) is 0. The van der Waals surface area contributed by atoms with Crippen LogP contribution in [0, 0.1) is 5.92 Å². The Hall–Kier alpha value is -3.47. The van der Waals surface area contributed by atoms with Gasteiger partial charge >= 0.3 is 5.97 Å². The van der Waals surface area contributed by atoms with Crippen LogP contribution in [0.4, 0.5) is 0 Å². The smallest absolute Gasteiger partial charge is 0.326 e. The number of nitrogens with one attached hydrogen (secondary N) is 3. The zero-order valence-electron chi connectivity index (χ0n) is 19.7.